The lowest BCUT2D eigenvalue weighted by Gasteiger charge is -2.32. The monoisotopic (exact) mass is 284 g/mol. The molecule has 1 amide bonds. The van der Waals surface area contributed by atoms with Crippen LogP contribution in [0.15, 0.2) is 24.3 Å². The van der Waals surface area contributed by atoms with E-state index in [1.165, 1.54) is 0 Å². The van der Waals surface area contributed by atoms with E-state index in [9.17, 15) is 4.79 Å². The van der Waals surface area contributed by atoms with E-state index in [0.29, 0.717) is 37.0 Å². The highest BCUT2D eigenvalue weighted by Gasteiger charge is 2.23. The number of halogens is 1. The second-order valence-corrected chi connectivity index (χ2v) is 4.75. The Kier molecular flexibility index (Phi) is 5.01. The Hall–Kier alpha value is -1.30. The molecule has 1 fully saturated rings. The van der Waals surface area contributed by atoms with E-state index in [1.54, 1.807) is 29.2 Å². The first-order valence-corrected chi connectivity index (χ1v) is 6.54. The predicted molar refractivity (Wildman–Crippen MR) is 72.3 cm³/mol. The molecule has 1 atom stereocenters. The molecule has 0 aliphatic carbocycles. The van der Waals surface area contributed by atoms with Crippen molar-refractivity contribution in [3.63, 3.8) is 0 Å². The van der Waals surface area contributed by atoms with Gasteiger partial charge >= 0.3 is 0 Å². The fourth-order valence-corrected chi connectivity index (χ4v) is 1.98. The van der Waals surface area contributed by atoms with Crippen LogP contribution in [0.2, 0.25) is 5.02 Å². The summed E-state index contributed by atoms with van der Waals surface area (Å²) >= 11 is 5.77. The SMILES string of the molecule is NCC1CN(C(=O)COc2ccc(Cl)cc2)CCO1. The normalized spacial score (nSPS) is 19.3. The molecule has 1 aromatic rings. The van der Waals surface area contributed by atoms with Gasteiger partial charge in [-0.15, -0.1) is 0 Å². The third-order valence-corrected chi connectivity index (χ3v) is 3.18. The van der Waals surface area contributed by atoms with Gasteiger partial charge in [-0.2, -0.15) is 0 Å². The molecular weight excluding hydrogens is 268 g/mol. The quantitative estimate of drug-likeness (QED) is 0.892. The predicted octanol–water partition coefficient (Wildman–Crippen LogP) is 0.905. The van der Waals surface area contributed by atoms with Crippen LogP contribution in [0.3, 0.4) is 0 Å². The molecule has 1 aromatic carbocycles. The number of amides is 1. The fourth-order valence-electron chi connectivity index (χ4n) is 1.86. The van der Waals surface area contributed by atoms with Gasteiger partial charge in [0, 0.05) is 24.7 Å². The Morgan fingerprint density at radius 1 is 1.47 bits per heavy atom. The van der Waals surface area contributed by atoms with Gasteiger partial charge in [0.25, 0.3) is 5.91 Å². The molecule has 0 saturated carbocycles. The van der Waals surface area contributed by atoms with Crippen LogP contribution >= 0.6 is 11.6 Å². The van der Waals surface area contributed by atoms with Crippen LogP contribution in [0.4, 0.5) is 0 Å². The van der Waals surface area contributed by atoms with Crippen molar-refractivity contribution >= 4 is 17.5 Å². The molecule has 1 saturated heterocycles. The van der Waals surface area contributed by atoms with Gasteiger partial charge in [-0.1, -0.05) is 11.6 Å². The zero-order valence-corrected chi connectivity index (χ0v) is 11.3. The molecule has 6 heteroatoms. The maximum absolute atomic E-state index is 12.0. The zero-order chi connectivity index (χ0) is 13.7. The van der Waals surface area contributed by atoms with Crippen LogP contribution in [0.1, 0.15) is 0 Å². The molecule has 104 valence electrons. The largest absolute Gasteiger partial charge is 0.484 e. The van der Waals surface area contributed by atoms with Crippen molar-refractivity contribution in [2.24, 2.45) is 5.73 Å². The summed E-state index contributed by atoms with van der Waals surface area (Å²) in [6.45, 7) is 2.06. The second-order valence-electron chi connectivity index (χ2n) is 4.31. The summed E-state index contributed by atoms with van der Waals surface area (Å²) in [5.74, 6) is 0.568. The van der Waals surface area contributed by atoms with Crippen molar-refractivity contribution < 1.29 is 14.3 Å². The molecule has 1 unspecified atom stereocenters. The molecule has 2 N–H and O–H groups in total. The van der Waals surface area contributed by atoms with E-state index in [1.807, 2.05) is 0 Å². The lowest BCUT2D eigenvalue weighted by molar-refractivity contribution is -0.140. The number of carbonyl (C=O) groups is 1. The average Bonchev–Trinajstić information content (AvgIpc) is 2.46. The van der Waals surface area contributed by atoms with Crippen LogP contribution < -0.4 is 10.5 Å². The van der Waals surface area contributed by atoms with Crippen LogP contribution in [-0.2, 0) is 9.53 Å². The zero-order valence-electron chi connectivity index (χ0n) is 10.5. The van der Waals surface area contributed by atoms with Gasteiger partial charge < -0.3 is 20.1 Å². The first-order chi connectivity index (χ1) is 9.19. The minimum Gasteiger partial charge on any atom is -0.484 e. The summed E-state index contributed by atoms with van der Waals surface area (Å²) in [5.41, 5.74) is 5.54. The number of carbonyl (C=O) groups excluding carboxylic acids is 1. The van der Waals surface area contributed by atoms with Crippen LogP contribution in [-0.4, -0.2) is 49.8 Å². The highest BCUT2D eigenvalue weighted by molar-refractivity contribution is 6.30. The molecule has 1 aliphatic rings. The lowest BCUT2D eigenvalue weighted by atomic mass is 10.2. The minimum atomic E-state index is -0.0757. The summed E-state index contributed by atoms with van der Waals surface area (Å²) in [6, 6.07) is 6.91. The van der Waals surface area contributed by atoms with E-state index in [4.69, 9.17) is 26.8 Å². The van der Waals surface area contributed by atoms with Gasteiger partial charge in [0.05, 0.1) is 12.7 Å². The molecule has 1 heterocycles. The fraction of sp³-hybridized carbons (Fsp3) is 0.462. The Morgan fingerprint density at radius 3 is 2.89 bits per heavy atom. The number of nitrogens with zero attached hydrogens (tertiary/aromatic N) is 1. The number of rotatable bonds is 4. The topological polar surface area (TPSA) is 64.8 Å². The van der Waals surface area contributed by atoms with E-state index < -0.39 is 0 Å². The number of nitrogens with two attached hydrogens (primary N) is 1. The molecule has 0 radical (unpaired) electrons. The molecular formula is C13H17ClN2O3. The molecule has 1 aliphatic heterocycles. The summed E-state index contributed by atoms with van der Waals surface area (Å²) in [5, 5.41) is 0.637. The number of hydrogen-bond donors (Lipinski definition) is 1. The maximum Gasteiger partial charge on any atom is 0.260 e. The Labute approximate surface area is 117 Å². The van der Waals surface area contributed by atoms with Gasteiger partial charge in [0.15, 0.2) is 6.61 Å². The van der Waals surface area contributed by atoms with Crippen molar-refractivity contribution in [1.29, 1.82) is 0 Å². The molecule has 5 nitrogen and oxygen atoms in total. The van der Waals surface area contributed by atoms with Crippen molar-refractivity contribution in [3.05, 3.63) is 29.3 Å². The Balaban J connectivity index is 1.82. The smallest absolute Gasteiger partial charge is 0.260 e. The number of benzene rings is 1. The summed E-state index contributed by atoms with van der Waals surface area (Å²) < 4.78 is 10.8. The first kappa shape index (κ1) is 14.1. The second kappa shape index (κ2) is 6.75. The minimum absolute atomic E-state index is 0.0128. The molecule has 0 aromatic heterocycles. The third kappa shape index (κ3) is 4.09. The first-order valence-electron chi connectivity index (χ1n) is 6.17. The maximum atomic E-state index is 12.0. The van der Waals surface area contributed by atoms with Gasteiger partial charge in [-0.3, -0.25) is 4.79 Å². The average molecular weight is 285 g/mol. The highest BCUT2D eigenvalue weighted by Crippen LogP contribution is 2.15. The van der Waals surface area contributed by atoms with Crippen LogP contribution in [0.25, 0.3) is 0 Å². The lowest BCUT2D eigenvalue weighted by Crippen LogP contribution is -2.49. The molecule has 0 bridgehead atoms. The van der Waals surface area contributed by atoms with Crippen LogP contribution in [0, 0.1) is 0 Å². The number of hydrogen-bond acceptors (Lipinski definition) is 4. The summed E-state index contributed by atoms with van der Waals surface area (Å²) in [6.07, 6.45) is -0.0757. The van der Waals surface area contributed by atoms with Crippen molar-refractivity contribution in [3.8, 4) is 5.75 Å². The van der Waals surface area contributed by atoms with Gasteiger partial charge in [0.2, 0.25) is 0 Å². The van der Waals surface area contributed by atoms with Crippen LogP contribution in [0.5, 0.6) is 5.75 Å². The summed E-state index contributed by atoms with van der Waals surface area (Å²) in [7, 11) is 0. The van der Waals surface area contributed by atoms with Gasteiger partial charge in [-0.25, -0.2) is 0 Å². The molecule has 19 heavy (non-hydrogen) atoms. The van der Waals surface area contributed by atoms with E-state index in [0.717, 1.165) is 0 Å². The van der Waals surface area contributed by atoms with Gasteiger partial charge in [0.1, 0.15) is 5.75 Å². The third-order valence-electron chi connectivity index (χ3n) is 2.93. The molecule has 0 spiro atoms. The van der Waals surface area contributed by atoms with Gasteiger partial charge in [-0.05, 0) is 24.3 Å². The van der Waals surface area contributed by atoms with E-state index in [-0.39, 0.29) is 18.6 Å². The van der Waals surface area contributed by atoms with E-state index in [2.05, 4.69) is 0 Å². The van der Waals surface area contributed by atoms with E-state index >= 15 is 0 Å². The standard InChI is InChI=1S/C13H17ClN2O3/c14-10-1-3-11(4-2-10)19-9-13(17)16-5-6-18-12(7-15)8-16/h1-4,12H,5-9,15H2. The number of ether oxygens (including phenoxy) is 2. The van der Waals surface area contributed by atoms with Crippen molar-refractivity contribution in [2.75, 3.05) is 32.8 Å². The van der Waals surface area contributed by atoms with Crippen molar-refractivity contribution in [2.45, 2.75) is 6.10 Å². The highest BCUT2D eigenvalue weighted by atomic mass is 35.5. The Bertz CT molecular complexity index is 424. The Morgan fingerprint density at radius 2 is 2.21 bits per heavy atom. The summed E-state index contributed by atoms with van der Waals surface area (Å²) in [4.78, 5) is 13.7. The number of morpholine rings is 1. The molecule has 2 rings (SSSR count). The van der Waals surface area contributed by atoms with Crippen molar-refractivity contribution in [1.82, 2.24) is 4.90 Å².